The summed E-state index contributed by atoms with van der Waals surface area (Å²) in [7, 11) is -3.56. The summed E-state index contributed by atoms with van der Waals surface area (Å²) in [5, 5.41) is 5.19. The van der Waals surface area contributed by atoms with Crippen molar-refractivity contribution in [2.24, 2.45) is 5.92 Å². The first-order chi connectivity index (χ1) is 16.2. The summed E-state index contributed by atoms with van der Waals surface area (Å²) in [5.74, 6) is -0.268. The van der Waals surface area contributed by atoms with Gasteiger partial charge in [0.2, 0.25) is 15.9 Å². The Hall–Kier alpha value is -2.96. The molecule has 0 saturated carbocycles. The number of sulfonamides is 1. The van der Waals surface area contributed by atoms with Gasteiger partial charge in [-0.2, -0.15) is 4.31 Å². The van der Waals surface area contributed by atoms with E-state index in [-0.39, 0.29) is 11.8 Å². The number of piperidine rings is 1. The zero-order valence-electron chi connectivity index (χ0n) is 20.1. The lowest BCUT2D eigenvalue weighted by Gasteiger charge is -2.31. The second kappa shape index (κ2) is 9.72. The standard InChI is InChI=1S/C28H32N2O3S/c1-5-20(3)23-7-8-25-18-26(10-9-24(25)17-23)29-28(31)22-12-14-30(15-13-22)34(32,33)27-11-6-19(2)16-21(27)4/h6-11,16-18,22H,3,5,12-15H2,1-2,4H3,(H,29,31). The summed E-state index contributed by atoms with van der Waals surface area (Å²) in [6.45, 7) is 10.7. The van der Waals surface area contributed by atoms with Gasteiger partial charge >= 0.3 is 0 Å². The Morgan fingerprint density at radius 1 is 1.00 bits per heavy atom. The first-order valence-electron chi connectivity index (χ1n) is 11.8. The number of hydrogen-bond acceptors (Lipinski definition) is 3. The van der Waals surface area contributed by atoms with E-state index in [1.54, 1.807) is 6.07 Å². The number of carbonyl (C=O) groups excluding carboxylic acids is 1. The van der Waals surface area contributed by atoms with Gasteiger partial charge in [-0.15, -0.1) is 0 Å². The molecule has 0 spiro atoms. The smallest absolute Gasteiger partial charge is 0.243 e. The fraction of sp³-hybridized carbons (Fsp3) is 0.321. The molecule has 4 rings (SSSR count). The quantitative estimate of drug-likeness (QED) is 0.480. The van der Waals surface area contributed by atoms with E-state index in [1.165, 1.54) is 4.31 Å². The van der Waals surface area contributed by atoms with Gasteiger partial charge in [-0.25, -0.2) is 8.42 Å². The average molecular weight is 477 g/mol. The lowest BCUT2D eigenvalue weighted by molar-refractivity contribution is -0.120. The molecule has 6 heteroatoms. The number of fused-ring (bicyclic) bond motifs is 1. The normalized spacial score (nSPS) is 15.4. The van der Waals surface area contributed by atoms with Crippen LogP contribution < -0.4 is 5.32 Å². The molecule has 0 aliphatic carbocycles. The number of aryl methyl sites for hydroxylation is 2. The highest BCUT2D eigenvalue weighted by atomic mass is 32.2. The first kappa shape index (κ1) is 24.2. The third kappa shape index (κ3) is 4.93. The summed E-state index contributed by atoms with van der Waals surface area (Å²) in [5.41, 5.74) is 4.78. The van der Waals surface area contributed by atoms with Crippen molar-refractivity contribution < 1.29 is 13.2 Å². The fourth-order valence-corrected chi connectivity index (χ4v) is 6.25. The molecule has 1 saturated heterocycles. The van der Waals surface area contributed by atoms with Crippen molar-refractivity contribution >= 4 is 38.0 Å². The molecule has 178 valence electrons. The molecule has 1 amide bonds. The highest BCUT2D eigenvalue weighted by Crippen LogP contribution is 2.28. The molecule has 3 aromatic rings. The molecule has 1 fully saturated rings. The zero-order valence-corrected chi connectivity index (χ0v) is 20.9. The van der Waals surface area contributed by atoms with E-state index >= 15 is 0 Å². The van der Waals surface area contributed by atoms with Crippen LogP contribution in [-0.2, 0) is 14.8 Å². The second-order valence-corrected chi connectivity index (χ2v) is 11.1. The van der Waals surface area contributed by atoms with E-state index in [4.69, 9.17) is 0 Å². The summed E-state index contributed by atoms with van der Waals surface area (Å²) in [6, 6.07) is 17.5. The van der Waals surface area contributed by atoms with Gasteiger partial charge < -0.3 is 5.32 Å². The van der Waals surface area contributed by atoms with Crippen LogP contribution in [0.1, 0.15) is 42.9 Å². The molecule has 0 radical (unpaired) electrons. The van der Waals surface area contributed by atoms with Crippen LogP contribution in [0.25, 0.3) is 16.3 Å². The van der Waals surface area contributed by atoms with Crippen molar-refractivity contribution in [3.63, 3.8) is 0 Å². The third-order valence-electron chi connectivity index (χ3n) is 6.72. The maximum absolute atomic E-state index is 13.1. The van der Waals surface area contributed by atoms with Crippen molar-refractivity contribution in [2.75, 3.05) is 18.4 Å². The Morgan fingerprint density at radius 3 is 2.35 bits per heavy atom. The number of allylic oxidation sites excluding steroid dienone is 1. The van der Waals surface area contributed by atoms with Crippen LogP contribution in [-0.4, -0.2) is 31.7 Å². The van der Waals surface area contributed by atoms with Gasteiger partial charge in [-0.05, 0) is 84.8 Å². The predicted molar refractivity (Wildman–Crippen MR) is 139 cm³/mol. The summed E-state index contributed by atoms with van der Waals surface area (Å²) >= 11 is 0. The number of amides is 1. The highest BCUT2D eigenvalue weighted by Gasteiger charge is 2.32. The van der Waals surface area contributed by atoms with Crippen LogP contribution in [0.15, 0.2) is 66.1 Å². The van der Waals surface area contributed by atoms with E-state index < -0.39 is 10.0 Å². The van der Waals surface area contributed by atoms with Gasteiger partial charge in [0.15, 0.2) is 0 Å². The van der Waals surface area contributed by atoms with Crippen LogP contribution in [0.2, 0.25) is 0 Å². The first-order valence-corrected chi connectivity index (χ1v) is 13.2. The van der Waals surface area contributed by atoms with Gasteiger partial charge in [0.05, 0.1) is 4.90 Å². The second-order valence-electron chi connectivity index (χ2n) is 9.17. The largest absolute Gasteiger partial charge is 0.326 e. The summed E-state index contributed by atoms with van der Waals surface area (Å²) in [4.78, 5) is 13.3. The van der Waals surface area contributed by atoms with E-state index in [0.717, 1.165) is 45.1 Å². The molecule has 3 aromatic carbocycles. The molecule has 34 heavy (non-hydrogen) atoms. The van der Waals surface area contributed by atoms with Crippen molar-refractivity contribution in [1.29, 1.82) is 0 Å². The summed E-state index contributed by atoms with van der Waals surface area (Å²) < 4.78 is 27.7. The van der Waals surface area contributed by atoms with Crippen LogP contribution >= 0.6 is 0 Å². The van der Waals surface area contributed by atoms with Crippen molar-refractivity contribution in [2.45, 2.75) is 44.9 Å². The van der Waals surface area contributed by atoms with Gasteiger partial charge in [0.1, 0.15) is 0 Å². The molecule has 0 aromatic heterocycles. The van der Waals surface area contributed by atoms with E-state index in [2.05, 4.69) is 37.0 Å². The topological polar surface area (TPSA) is 66.5 Å². The van der Waals surface area contributed by atoms with E-state index in [9.17, 15) is 13.2 Å². The predicted octanol–water partition coefficient (Wildman–Crippen LogP) is 5.92. The minimum atomic E-state index is -3.56. The number of carbonyl (C=O) groups is 1. The van der Waals surface area contributed by atoms with Gasteiger partial charge in [0, 0.05) is 24.7 Å². The molecular formula is C28H32N2O3S. The molecule has 0 atom stereocenters. The number of nitrogens with zero attached hydrogens (tertiary/aromatic N) is 1. The lowest BCUT2D eigenvalue weighted by Crippen LogP contribution is -2.41. The number of rotatable bonds is 6. The maximum atomic E-state index is 13.1. The minimum Gasteiger partial charge on any atom is -0.326 e. The van der Waals surface area contributed by atoms with E-state index in [0.29, 0.717) is 30.8 Å². The Kier molecular flexibility index (Phi) is 6.91. The van der Waals surface area contributed by atoms with Crippen LogP contribution in [0.5, 0.6) is 0 Å². The molecule has 0 unspecified atom stereocenters. The SMILES string of the molecule is C=C(CC)c1ccc2cc(NC(=O)C3CCN(S(=O)(=O)c4ccc(C)cc4C)CC3)ccc2c1. The van der Waals surface area contributed by atoms with Crippen molar-refractivity contribution in [3.05, 3.63) is 77.9 Å². The Bertz CT molecular complexity index is 1350. The van der Waals surface area contributed by atoms with Crippen molar-refractivity contribution in [1.82, 2.24) is 4.31 Å². The van der Waals surface area contributed by atoms with Crippen molar-refractivity contribution in [3.8, 4) is 0 Å². The molecule has 0 bridgehead atoms. The number of benzene rings is 3. The van der Waals surface area contributed by atoms with Crippen LogP contribution in [0, 0.1) is 19.8 Å². The molecule has 1 aliphatic rings. The Balaban J connectivity index is 1.40. The van der Waals surface area contributed by atoms with Crippen LogP contribution in [0.4, 0.5) is 5.69 Å². The Labute approximate surface area is 202 Å². The van der Waals surface area contributed by atoms with Gasteiger partial charge in [-0.3, -0.25) is 4.79 Å². The highest BCUT2D eigenvalue weighted by molar-refractivity contribution is 7.89. The van der Waals surface area contributed by atoms with Crippen LogP contribution in [0.3, 0.4) is 0 Å². The minimum absolute atomic E-state index is 0.0566. The molecular weight excluding hydrogens is 444 g/mol. The molecule has 1 heterocycles. The third-order valence-corrected chi connectivity index (χ3v) is 8.77. The number of anilines is 1. The Morgan fingerprint density at radius 2 is 1.68 bits per heavy atom. The molecule has 5 nitrogen and oxygen atoms in total. The number of hydrogen-bond donors (Lipinski definition) is 1. The molecule has 1 aliphatic heterocycles. The zero-order chi connectivity index (χ0) is 24.5. The average Bonchev–Trinajstić information content (AvgIpc) is 2.83. The van der Waals surface area contributed by atoms with E-state index in [1.807, 2.05) is 44.2 Å². The van der Waals surface area contributed by atoms with Gasteiger partial charge in [-0.1, -0.05) is 49.4 Å². The molecule has 1 N–H and O–H groups in total. The number of nitrogens with one attached hydrogen (secondary N) is 1. The fourth-order valence-electron chi connectivity index (χ4n) is 4.58. The maximum Gasteiger partial charge on any atom is 0.243 e. The monoisotopic (exact) mass is 476 g/mol. The lowest BCUT2D eigenvalue weighted by atomic mass is 9.97. The van der Waals surface area contributed by atoms with Gasteiger partial charge in [0.25, 0.3) is 0 Å². The summed E-state index contributed by atoms with van der Waals surface area (Å²) in [6.07, 6.45) is 1.92.